The summed E-state index contributed by atoms with van der Waals surface area (Å²) in [5.74, 6) is -0.0938. The molecule has 0 heterocycles. The Kier molecular flexibility index (Phi) is 5.64. The van der Waals surface area contributed by atoms with E-state index in [9.17, 15) is 9.90 Å². The summed E-state index contributed by atoms with van der Waals surface area (Å²) >= 11 is 2.01. The molecule has 0 aromatic heterocycles. The lowest BCUT2D eigenvalue weighted by Gasteiger charge is -2.22. The molecule has 2 rings (SSSR count). The van der Waals surface area contributed by atoms with Gasteiger partial charge in [-0.25, -0.2) is 0 Å². The van der Waals surface area contributed by atoms with E-state index in [-0.39, 0.29) is 6.61 Å². The molecule has 2 aromatic carbocycles. The first-order chi connectivity index (χ1) is 11.3. The number of benzene rings is 2. The zero-order valence-corrected chi connectivity index (χ0v) is 15.1. The van der Waals surface area contributed by atoms with E-state index in [1.54, 1.807) is 42.5 Å². The number of nitrogen functional groups attached to an aromatic ring is 1. The second kappa shape index (κ2) is 7.51. The lowest BCUT2D eigenvalue weighted by atomic mass is 10.1. The van der Waals surface area contributed by atoms with E-state index in [1.165, 1.54) is 6.92 Å². The maximum atomic E-state index is 12.2. The van der Waals surface area contributed by atoms with Crippen LogP contribution in [0.25, 0.3) is 0 Å². The van der Waals surface area contributed by atoms with Crippen LogP contribution in [0.15, 0.2) is 42.5 Å². The van der Waals surface area contributed by atoms with Crippen molar-refractivity contribution < 1.29 is 14.6 Å². The van der Waals surface area contributed by atoms with Crippen molar-refractivity contribution in [1.29, 1.82) is 5.26 Å². The van der Waals surface area contributed by atoms with Gasteiger partial charge in [0.25, 0.3) is 5.91 Å². The number of amides is 1. The van der Waals surface area contributed by atoms with Gasteiger partial charge < -0.3 is 20.9 Å². The molecular weight excluding hydrogens is 419 g/mol. The van der Waals surface area contributed by atoms with Crippen molar-refractivity contribution >= 4 is 39.9 Å². The highest BCUT2D eigenvalue weighted by atomic mass is 125. The third-order valence-corrected chi connectivity index (χ3v) is 4.13. The van der Waals surface area contributed by atoms with Crippen molar-refractivity contribution in [3.8, 4) is 11.8 Å². The van der Waals surface area contributed by atoms with Crippen LogP contribution < -0.4 is 15.8 Å². The average molecular weight is 435 g/mol. The molecule has 0 aliphatic carbocycles. The molecule has 0 saturated heterocycles. The van der Waals surface area contributed by atoms with Crippen LogP contribution in [0.2, 0.25) is 0 Å². The third-order valence-electron chi connectivity index (χ3n) is 3.24. The van der Waals surface area contributed by atoms with Crippen molar-refractivity contribution in [2.45, 2.75) is 12.5 Å². The molecule has 0 fully saturated rings. The van der Waals surface area contributed by atoms with Gasteiger partial charge in [-0.15, -0.1) is 0 Å². The van der Waals surface area contributed by atoms with Gasteiger partial charge in [0.2, 0.25) is 0 Å². The molecule has 0 bridgehead atoms. The molecule has 4 N–H and O–H groups in total. The topological polar surface area (TPSA) is 108 Å². The fourth-order valence-electron chi connectivity index (χ4n) is 1.80. The van der Waals surface area contributed by atoms with Crippen LogP contribution in [-0.4, -0.2) is 23.2 Å². The number of halogens is 1. The summed E-state index contributed by atoms with van der Waals surface area (Å²) < 4.78 is 6.15. The largest absolute Gasteiger partial charge is 0.490 e. The Bertz CT molecular complexity index is 783. The number of carbonyl (C=O) groups is 1. The first kappa shape index (κ1) is 18.0. The molecule has 6 nitrogen and oxygen atoms in total. The lowest BCUT2D eigenvalue weighted by Crippen LogP contribution is -2.45. The predicted molar refractivity (Wildman–Crippen MR) is 99.5 cm³/mol. The van der Waals surface area contributed by atoms with E-state index >= 15 is 0 Å². The molecule has 0 saturated carbocycles. The van der Waals surface area contributed by atoms with Gasteiger partial charge in [-0.1, -0.05) is 0 Å². The Balaban J connectivity index is 2.00. The number of nitrogens with two attached hydrogens (primary N) is 1. The number of ether oxygens (including phenoxy) is 1. The van der Waals surface area contributed by atoms with E-state index in [0.717, 1.165) is 0 Å². The van der Waals surface area contributed by atoms with Crippen LogP contribution >= 0.6 is 22.6 Å². The molecule has 0 aliphatic rings. The van der Waals surface area contributed by atoms with Gasteiger partial charge in [-0.2, -0.15) is 5.26 Å². The molecule has 1 atom stereocenters. The van der Waals surface area contributed by atoms with Crippen LogP contribution in [-0.2, 0) is 4.79 Å². The summed E-state index contributed by atoms with van der Waals surface area (Å²) in [6, 6.07) is 13.6. The van der Waals surface area contributed by atoms with Crippen molar-refractivity contribution in [3.05, 3.63) is 51.6 Å². The van der Waals surface area contributed by atoms with Crippen molar-refractivity contribution in [2.24, 2.45) is 0 Å². The fraction of sp³-hybridized carbons (Fsp3) is 0.176. The molecule has 124 valence electrons. The Morgan fingerprint density at radius 1 is 1.38 bits per heavy atom. The zero-order valence-electron chi connectivity index (χ0n) is 12.9. The van der Waals surface area contributed by atoms with Gasteiger partial charge in [-0.05, 0) is 72.0 Å². The van der Waals surface area contributed by atoms with E-state index in [4.69, 9.17) is 15.7 Å². The van der Waals surface area contributed by atoms with Gasteiger partial charge in [-0.3, -0.25) is 4.79 Å². The smallest absolute Gasteiger partial charge is 0.259 e. The molecule has 24 heavy (non-hydrogen) atoms. The van der Waals surface area contributed by atoms with Crippen LogP contribution in [0.1, 0.15) is 12.5 Å². The lowest BCUT2D eigenvalue weighted by molar-refractivity contribution is -0.135. The SMILES string of the molecule is C[C@](O)(COc1ccc(N)cc1)C(=O)Nc1ccc(C#N)c([125I])c1. The summed E-state index contributed by atoms with van der Waals surface area (Å²) in [5, 5.41) is 21.8. The first-order valence-electron chi connectivity index (χ1n) is 7.03. The van der Waals surface area contributed by atoms with Crippen molar-refractivity contribution in [2.75, 3.05) is 17.7 Å². The van der Waals surface area contributed by atoms with Crippen molar-refractivity contribution in [3.63, 3.8) is 0 Å². The van der Waals surface area contributed by atoms with Gasteiger partial charge in [0.05, 0.1) is 5.56 Å². The number of anilines is 2. The summed E-state index contributed by atoms with van der Waals surface area (Å²) in [7, 11) is 0. The summed E-state index contributed by atoms with van der Waals surface area (Å²) in [6.07, 6.45) is 0. The number of nitrogens with one attached hydrogen (secondary N) is 1. The molecule has 0 unspecified atom stereocenters. The molecular formula is C17H16IN3O3. The highest BCUT2D eigenvalue weighted by molar-refractivity contribution is 14.1. The van der Waals surface area contributed by atoms with Crippen molar-refractivity contribution in [1.82, 2.24) is 0 Å². The Labute approximate surface area is 153 Å². The molecule has 0 aliphatic heterocycles. The predicted octanol–water partition coefficient (Wildman–Crippen LogP) is 2.51. The van der Waals surface area contributed by atoms with Crippen LogP contribution in [0, 0.1) is 14.9 Å². The highest BCUT2D eigenvalue weighted by Crippen LogP contribution is 2.20. The summed E-state index contributed by atoms with van der Waals surface area (Å²) in [6.45, 7) is 1.16. The molecule has 0 spiro atoms. The number of carbonyl (C=O) groups excluding carboxylic acids is 1. The van der Waals surface area contributed by atoms with E-state index < -0.39 is 11.5 Å². The molecule has 2 aromatic rings. The van der Waals surface area contributed by atoms with Gasteiger partial charge in [0.1, 0.15) is 18.4 Å². The minimum absolute atomic E-state index is 0.212. The maximum absolute atomic E-state index is 12.2. The quantitative estimate of drug-likeness (QED) is 0.494. The minimum atomic E-state index is -1.72. The number of nitrogens with zero attached hydrogens (tertiary/aromatic N) is 1. The van der Waals surface area contributed by atoms with Crippen LogP contribution in [0.5, 0.6) is 5.75 Å². The van der Waals surface area contributed by atoms with Gasteiger partial charge in [0, 0.05) is 14.9 Å². The number of hydrogen-bond acceptors (Lipinski definition) is 5. The van der Waals surface area contributed by atoms with Crippen LogP contribution in [0.3, 0.4) is 0 Å². The van der Waals surface area contributed by atoms with E-state index in [1.807, 2.05) is 28.7 Å². The molecule has 0 radical (unpaired) electrons. The second-order valence-electron chi connectivity index (χ2n) is 5.39. The number of aliphatic hydroxyl groups is 1. The Morgan fingerprint density at radius 2 is 2.04 bits per heavy atom. The average Bonchev–Trinajstić information content (AvgIpc) is 2.54. The minimum Gasteiger partial charge on any atom is -0.490 e. The van der Waals surface area contributed by atoms with E-state index in [0.29, 0.717) is 26.3 Å². The van der Waals surface area contributed by atoms with Gasteiger partial charge in [0.15, 0.2) is 5.60 Å². The number of rotatable bonds is 5. The third kappa shape index (κ3) is 4.59. The standard InChI is InChI=1S/C17H16IN3O3/c1-17(23,10-24-14-6-3-12(20)4-7-14)16(22)21-13-5-2-11(9-19)15(18)8-13/h2-8,23H,10,20H2,1H3,(H,21,22)/t17-/m0/s1/i18-2. The Hall–Kier alpha value is -2.31. The highest BCUT2D eigenvalue weighted by Gasteiger charge is 2.31. The number of hydrogen-bond donors (Lipinski definition) is 3. The molecule has 7 heteroatoms. The zero-order chi connectivity index (χ0) is 17.7. The van der Waals surface area contributed by atoms with Gasteiger partial charge >= 0.3 is 0 Å². The second-order valence-corrected chi connectivity index (χ2v) is 6.55. The molecule has 1 amide bonds. The first-order valence-corrected chi connectivity index (χ1v) is 8.11. The normalized spacial score (nSPS) is 12.8. The fourth-order valence-corrected chi connectivity index (χ4v) is 2.44. The van der Waals surface area contributed by atoms with Crippen LogP contribution in [0.4, 0.5) is 11.4 Å². The maximum Gasteiger partial charge on any atom is 0.259 e. The monoisotopic (exact) mass is 435 g/mol. The van der Waals surface area contributed by atoms with E-state index in [2.05, 4.69) is 5.32 Å². The Morgan fingerprint density at radius 3 is 2.62 bits per heavy atom. The summed E-state index contributed by atoms with van der Waals surface area (Å²) in [4.78, 5) is 12.2. The summed E-state index contributed by atoms with van der Waals surface area (Å²) in [5.41, 5.74) is 5.48. The number of nitriles is 1.